The quantitative estimate of drug-likeness (QED) is 0.129. The number of aliphatic hydroxyl groups is 1. The molecule has 1 saturated heterocycles. The van der Waals surface area contributed by atoms with Gasteiger partial charge in [0.25, 0.3) is 5.56 Å². The molecule has 0 bridgehead atoms. The van der Waals surface area contributed by atoms with Crippen molar-refractivity contribution in [3.8, 4) is 12.3 Å². The third kappa shape index (κ3) is 6.22. The minimum Gasteiger partial charge on any atom is -0.387 e. The number of alkyl halides is 1. The molecule has 6 atom stereocenters. The van der Waals surface area contributed by atoms with Crippen molar-refractivity contribution in [3.05, 3.63) is 32.9 Å². The molecule has 2 heterocycles. The fourth-order valence-corrected chi connectivity index (χ4v) is 5.74. The lowest BCUT2D eigenvalue weighted by atomic mass is 9.99. The highest BCUT2D eigenvalue weighted by Crippen LogP contribution is 2.66. The van der Waals surface area contributed by atoms with E-state index in [9.17, 15) is 37.7 Å². The first kappa shape index (κ1) is 27.0. The summed E-state index contributed by atoms with van der Waals surface area (Å²) in [5.74, 6) is 0.449. The SMILES string of the molecule is C#CC1(Cl)[C@@H](O)[C@@H](COP(=O)(O)OP(=O)(O)OP(=O)(O)O)O[C@H]1n1cc(F)c(=O)[nH]c1=O. The van der Waals surface area contributed by atoms with Crippen LogP contribution < -0.4 is 11.2 Å². The second-order valence-corrected chi connectivity index (χ2v) is 11.0. The Balaban J connectivity index is 2.23. The molecule has 2 rings (SSSR count). The van der Waals surface area contributed by atoms with Crippen LogP contribution in [0.3, 0.4) is 0 Å². The van der Waals surface area contributed by atoms with E-state index < -0.39 is 70.5 Å². The van der Waals surface area contributed by atoms with E-state index in [4.69, 9.17) is 37.4 Å². The van der Waals surface area contributed by atoms with Gasteiger partial charge in [-0.2, -0.15) is 13.0 Å². The summed E-state index contributed by atoms with van der Waals surface area (Å²) < 4.78 is 64.2. The van der Waals surface area contributed by atoms with Crippen LogP contribution in [0.15, 0.2) is 15.8 Å². The Morgan fingerprint density at radius 1 is 1.25 bits per heavy atom. The van der Waals surface area contributed by atoms with Gasteiger partial charge in [0, 0.05) is 0 Å². The van der Waals surface area contributed by atoms with Crippen LogP contribution in [0, 0.1) is 18.2 Å². The van der Waals surface area contributed by atoms with E-state index in [-0.39, 0.29) is 0 Å². The maximum Gasteiger partial charge on any atom is 0.490 e. The van der Waals surface area contributed by atoms with Crippen molar-refractivity contribution >= 4 is 35.1 Å². The molecule has 0 aliphatic carbocycles. The van der Waals surface area contributed by atoms with Crippen molar-refractivity contribution in [1.29, 1.82) is 0 Å². The Labute approximate surface area is 180 Å². The summed E-state index contributed by atoms with van der Waals surface area (Å²) in [6, 6.07) is 0. The van der Waals surface area contributed by atoms with Crippen molar-refractivity contribution in [2.24, 2.45) is 0 Å². The number of H-pyrrole nitrogens is 1. The number of ether oxygens (including phenoxy) is 1. The maximum absolute atomic E-state index is 13.6. The summed E-state index contributed by atoms with van der Waals surface area (Å²) in [6.07, 6.45) is 0.0526. The number of terminal acetylenes is 1. The van der Waals surface area contributed by atoms with Crippen molar-refractivity contribution in [2.45, 2.75) is 23.3 Å². The summed E-state index contributed by atoms with van der Waals surface area (Å²) in [4.78, 5) is 57.9. The number of phosphoric acid groups is 3. The van der Waals surface area contributed by atoms with Crippen LogP contribution >= 0.6 is 35.1 Å². The molecule has 0 spiro atoms. The van der Waals surface area contributed by atoms with E-state index in [0.717, 1.165) is 0 Å². The van der Waals surface area contributed by atoms with Crippen LogP contribution in [0.25, 0.3) is 0 Å². The molecule has 0 aromatic carbocycles. The van der Waals surface area contributed by atoms with Gasteiger partial charge >= 0.3 is 29.2 Å². The van der Waals surface area contributed by atoms with Gasteiger partial charge in [-0.15, -0.1) is 6.42 Å². The second kappa shape index (κ2) is 9.21. The van der Waals surface area contributed by atoms with Crippen LogP contribution in [0.1, 0.15) is 6.23 Å². The standard InChI is InChI=1S/C11H13ClFN2O14P3/c1-2-11(12)7(16)6(27-9(11)15-3-5(13)8(17)14-10(15)18)4-26-31(22,23)29-32(24,25)28-30(19,20)21/h1,3,6-7,9,16H,4H2,(H,22,23)(H,24,25)(H,14,17,18)(H2,19,20,21)/t6-,7+,9-,11?/m1/s1. The van der Waals surface area contributed by atoms with Gasteiger partial charge in [-0.1, -0.05) is 17.5 Å². The molecule has 6 N–H and O–H groups in total. The van der Waals surface area contributed by atoms with E-state index >= 15 is 0 Å². The van der Waals surface area contributed by atoms with Gasteiger partial charge in [0.15, 0.2) is 11.1 Å². The summed E-state index contributed by atoms with van der Waals surface area (Å²) in [7, 11) is -17.0. The summed E-state index contributed by atoms with van der Waals surface area (Å²) >= 11 is 6.10. The second-order valence-electron chi connectivity index (χ2n) is 5.91. The van der Waals surface area contributed by atoms with Crippen molar-refractivity contribution in [2.75, 3.05) is 6.61 Å². The third-order valence-corrected chi connectivity index (χ3v) is 7.98. The molecule has 0 radical (unpaired) electrons. The Bertz CT molecular complexity index is 1190. The molecule has 0 amide bonds. The Kier molecular flexibility index (Phi) is 7.78. The number of aromatic amines is 1. The first-order chi connectivity index (χ1) is 14.4. The molecule has 3 unspecified atom stereocenters. The highest BCUT2D eigenvalue weighted by Gasteiger charge is 2.56. The van der Waals surface area contributed by atoms with E-state index in [1.807, 2.05) is 5.92 Å². The van der Waals surface area contributed by atoms with E-state index in [1.54, 1.807) is 4.98 Å². The molecule has 1 aromatic heterocycles. The van der Waals surface area contributed by atoms with Crippen LogP contribution in [-0.4, -0.2) is 57.9 Å². The molecule has 180 valence electrons. The predicted octanol–water partition coefficient (Wildman–Crippen LogP) is -1.11. The number of aliphatic hydroxyl groups excluding tert-OH is 1. The Morgan fingerprint density at radius 2 is 1.84 bits per heavy atom. The van der Waals surface area contributed by atoms with Crippen molar-refractivity contribution in [3.63, 3.8) is 0 Å². The van der Waals surface area contributed by atoms with Crippen LogP contribution in [-0.2, 0) is 31.6 Å². The summed E-state index contributed by atoms with van der Waals surface area (Å²) in [6.45, 7) is -1.17. The van der Waals surface area contributed by atoms with Crippen LogP contribution in [0.5, 0.6) is 0 Å². The number of hydrogen-bond acceptors (Lipinski definition) is 10. The zero-order chi connectivity index (χ0) is 24.7. The molecule has 1 aliphatic heterocycles. The fraction of sp³-hybridized carbons (Fsp3) is 0.455. The Morgan fingerprint density at radius 3 is 2.38 bits per heavy atom. The van der Waals surface area contributed by atoms with Gasteiger partial charge in [-0.3, -0.25) is 18.9 Å². The lowest BCUT2D eigenvalue weighted by Gasteiger charge is -2.25. The summed E-state index contributed by atoms with van der Waals surface area (Å²) in [5.41, 5.74) is -2.63. The first-order valence-corrected chi connectivity index (χ1v) is 12.6. The highest BCUT2D eigenvalue weighted by atomic mass is 35.5. The number of halogens is 2. The number of nitrogens with zero attached hydrogens (tertiary/aromatic N) is 1. The number of rotatable bonds is 8. The minimum atomic E-state index is -5.80. The molecule has 0 saturated carbocycles. The van der Waals surface area contributed by atoms with Crippen LogP contribution in [0.4, 0.5) is 4.39 Å². The molecule has 21 heteroatoms. The molecule has 1 aromatic rings. The number of phosphoric ester groups is 1. The molecular weight excluding hydrogens is 531 g/mol. The van der Waals surface area contributed by atoms with E-state index in [1.165, 1.54) is 0 Å². The smallest absolute Gasteiger partial charge is 0.387 e. The van der Waals surface area contributed by atoms with E-state index in [2.05, 4.69) is 13.1 Å². The topological polar surface area (TPSA) is 244 Å². The number of aromatic nitrogens is 2. The van der Waals surface area contributed by atoms with Crippen LogP contribution in [0.2, 0.25) is 0 Å². The molecular formula is C11H13ClFN2O14P3. The van der Waals surface area contributed by atoms with Crippen molar-refractivity contribution < 1.29 is 60.6 Å². The van der Waals surface area contributed by atoms with Gasteiger partial charge in [-0.25, -0.2) is 18.5 Å². The maximum atomic E-state index is 13.6. The lowest BCUT2D eigenvalue weighted by molar-refractivity contribution is -0.0458. The largest absolute Gasteiger partial charge is 0.490 e. The molecule has 32 heavy (non-hydrogen) atoms. The zero-order valence-electron chi connectivity index (χ0n) is 15.0. The molecule has 1 fully saturated rings. The van der Waals surface area contributed by atoms with Gasteiger partial charge < -0.3 is 29.4 Å². The lowest BCUT2D eigenvalue weighted by Crippen LogP contribution is -2.44. The van der Waals surface area contributed by atoms with Gasteiger partial charge in [0.2, 0.25) is 5.82 Å². The molecule has 1 aliphatic rings. The third-order valence-electron chi connectivity index (χ3n) is 3.66. The zero-order valence-corrected chi connectivity index (χ0v) is 18.5. The average molecular weight is 545 g/mol. The van der Waals surface area contributed by atoms with Crippen molar-refractivity contribution in [1.82, 2.24) is 9.55 Å². The van der Waals surface area contributed by atoms with Gasteiger partial charge in [0.05, 0.1) is 12.8 Å². The average Bonchev–Trinajstić information content (AvgIpc) is 2.85. The first-order valence-electron chi connectivity index (χ1n) is 7.70. The number of nitrogens with one attached hydrogen (secondary N) is 1. The summed E-state index contributed by atoms with van der Waals surface area (Å²) in [5, 5.41) is 10.3. The fourth-order valence-electron chi connectivity index (χ4n) is 2.42. The van der Waals surface area contributed by atoms with E-state index in [0.29, 0.717) is 10.8 Å². The predicted molar refractivity (Wildman–Crippen MR) is 98.4 cm³/mol. The normalized spacial score (nSPS) is 29.8. The Hall–Kier alpha value is -1.21. The number of hydrogen-bond donors (Lipinski definition) is 6. The van der Waals surface area contributed by atoms with Gasteiger partial charge in [-0.05, 0) is 0 Å². The van der Waals surface area contributed by atoms with Gasteiger partial charge in [0.1, 0.15) is 12.2 Å². The molecule has 16 nitrogen and oxygen atoms in total. The monoisotopic (exact) mass is 544 g/mol. The minimum absolute atomic E-state index is 0.373. The highest BCUT2D eigenvalue weighted by molar-refractivity contribution is 7.66.